The summed E-state index contributed by atoms with van der Waals surface area (Å²) in [4.78, 5) is 12.0. The van der Waals surface area contributed by atoms with Gasteiger partial charge in [0.1, 0.15) is 0 Å². The molecule has 0 heterocycles. The van der Waals surface area contributed by atoms with E-state index in [0.29, 0.717) is 0 Å². The quantitative estimate of drug-likeness (QED) is 0.578. The Morgan fingerprint density at radius 3 is 2.21 bits per heavy atom. The highest BCUT2D eigenvalue weighted by Gasteiger charge is 2.00. The predicted octanol–water partition coefficient (Wildman–Crippen LogP) is 4.51. The molecule has 0 saturated carbocycles. The third-order valence-corrected chi connectivity index (χ3v) is 3.29. The average molecular weight is 250 g/mol. The van der Waals surface area contributed by atoms with E-state index in [0.717, 1.165) is 16.7 Å². The van der Waals surface area contributed by atoms with Crippen molar-refractivity contribution in [1.82, 2.24) is 0 Å². The summed E-state index contributed by atoms with van der Waals surface area (Å²) in [7, 11) is 0. The number of rotatable bonds is 3. The van der Waals surface area contributed by atoms with Crippen LogP contribution in [0.15, 0.2) is 48.5 Å². The van der Waals surface area contributed by atoms with E-state index in [9.17, 15) is 4.79 Å². The number of carbonyl (C=O) groups is 1. The number of hydrogen-bond donors (Lipinski definition) is 0. The summed E-state index contributed by atoms with van der Waals surface area (Å²) in [6, 6.07) is 13.8. The maximum Gasteiger partial charge on any atom is 0.185 e. The smallest absolute Gasteiger partial charge is 0.185 e. The van der Waals surface area contributed by atoms with Gasteiger partial charge in [-0.25, -0.2) is 0 Å². The molecule has 0 bridgehead atoms. The fourth-order valence-electron chi connectivity index (χ4n) is 1.85. The van der Waals surface area contributed by atoms with Crippen LogP contribution in [0.4, 0.5) is 0 Å². The second-order valence-corrected chi connectivity index (χ2v) is 4.91. The van der Waals surface area contributed by atoms with Crippen LogP contribution in [0.5, 0.6) is 0 Å². The fourth-order valence-corrected chi connectivity index (χ4v) is 1.85. The molecule has 0 amide bonds. The Morgan fingerprint density at radius 2 is 1.58 bits per heavy atom. The van der Waals surface area contributed by atoms with E-state index in [1.165, 1.54) is 11.1 Å². The number of hydrogen-bond acceptors (Lipinski definition) is 1. The van der Waals surface area contributed by atoms with Gasteiger partial charge in [-0.1, -0.05) is 54.1 Å². The standard InChI is InChI=1S/C18H18O/c1-13-4-9-17(10-5-13)18(19)11-8-16-7-6-14(2)15(3)12-16/h4-12H,1-3H3. The van der Waals surface area contributed by atoms with Crippen LogP contribution in [-0.4, -0.2) is 5.78 Å². The number of ketones is 1. The molecule has 0 saturated heterocycles. The second-order valence-electron chi connectivity index (χ2n) is 4.91. The zero-order chi connectivity index (χ0) is 13.8. The van der Waals surface area contributed by atoms with Gasteiger partial charge in [0, 0.05) is 5.56 Å². The first-order valence-corrected chi connectivity index (χ1v) is 6.42. The van der Waals surface area contributed by atoms with Gasteiger partial charge in [0.05, 0.1) is 0 Å². The van der Waals surface area contributed by atoms with Crippen LogP contribution in [0.3, 0.4) is 0 Å². The van der Waals surface area contributed by atoms with Crippen LogP contribution in [0.1, 0.15) is 32.6 Å². The largest absolute Gasteiger partial charge is 0.289 e. The van der Waals surface area contributed by atoms with E-state index in [1.54, 1.807) is 6.08 Å². The molecule has 0 aliphatic carbocycles. The highest BCUT2D eigenvalue weighted by Crippen LogP contribution is 2.12. The molecule has 0 spiro atoms. The first kappa shape index (κ1) is 13.3. The molecule has 2 rings (SSSR count). The van der Waals surface area contributed by atoms with Gasteiger partial charge in [0.2, 0.25) is 0 Å². The minimum atomic E-state index is 0.0400. The normalized spacial score (nSPS) is 10.9. The van der Waals surface area contributed by atoms with Gasteiger partial charge in [-0.3, -0.25) is 4.79 Å². The fraction of sp³-hybridized carbons (Fsp3) is 0.167. The molecule has 2 aromatic rings. The third-order valence-electron chi connectivity index (χ3n) is 3.29. The predicted molar refractivity (Wildman–Crippen MR) is 80.5 cm³/mol. The topological polar surface area (TPSA) is 17.1 Å². The molecule has 1 heteroatoms. The van der Waals surface area contributed by atoms with Crippen LogP contribution >= 0.6 is 0 Å². The number of aryl methyl sites for hydroxylation is 3. The number of carbonyl (C=O) groups excluding carboxylic acids is 1. The van der Waals surface area contributed by atoms with Gasteiger partial charge in [0.15, 0.2) is 5.78 Å². The van der Waals surface area contributed by atoms with Gasteiger partial charge in [-0.2, -0.15) is 0 Å². The van der Waals surface area contributed by atoms with Gasteiger partial charge in [-0.15, -0.1) is 0 Å². The van der Waals surface area contributed by atoms with Crippen molar-refractivity contribution >= 4 is 11.9 Å². The molecule has 0 unspecified atom stereocenters. The highest BCUT2D eigenvalue weighted by atomic mass is 16.1. The van der Waals surface area contributed by atoms with Crippen molar-refractivity contribution in [2.24, 2.45) is 0 Å². The minimum Gasteiger partial charge on any atom is -0.289 e. The molecule has 19 heavy (non-hydrogen) atoms. The van der Waals surface area contributed by atoms with Crippen LogP contribution in [0, 0.1) is 20.8 Å². The summed E-state index contributed by atoms with van der Waals surface area (Å²) in [5.41, 5.74) is 5.45. The second kappa shape index (κ2) is 5.66. The molecule has 96 valence electrons. The van der Waals surface area contributed by atoms with E-state index in [-0.39, 0.29) is 5.78 Å². The lowest BCUT2D eigenvalue weighted by atomic mass is 10.0. The molecule has 0 aromatic heterocycles. The van der Waals surface area contributed by atoms with Gasteiger partial charge in [0.25, 0.3) is 0 Å². The Kier molecular flexibility index (Phi) is 3.96. The van der Waals surface area contributed by atoms with Crippen LogP contribution in [-0.2, 0) is 0 Å². The van der Waals surface area contributed by atoms with Crippen molar-refractivity contribution in [3.05, 3.63) is 76.4 Å². The van der Waals surface area contributed by atoms with Crippen LogP contribution < -0.4 is 0 Å². The Bertz CT molecular complexity index is 619. The molecular formula is C18H18O. The molecular weight excluding hydrogens is 232 g/mol. The van der Waals surface area contributed by atoms with E-state index < -0.39 is 0 Å². The van der Waals surface area contributed by atoms with Gasteiger partial charge >= 0.3 is 0 Å². The Labute approximate surface area is 114 Å². The van der Waals surface area contributed by atoms with Crippen molar-refractivity contribution in [3.8, 4) is 0 Å². The molecule has 0 atom stereocenters. The van der Waals surface area contributed by atoms with Crippen molar-refractivity contribution in [2.75, 3.05) is 0 Å². The first-order chi connectivity index (χ1) is 9.06. The zero-order valence-electron chi connectivity index (χ0n) is 11.6. The van der Waals surface area contributed by atoms with E-state index in [4.69, 9.17) is 0 Å². The SMILES string of the molecule is Cc1ccc(C(=O)C=Cc2ccc(C)c(C)c2)cc1. The van der Waals surface area contributed by atoms with Gasteiger partial charge < -0.3 is 0 Å². The van der Waals surface area contributed by atoms with Crippen molar-refractivity contribution < 1.29 is 4.79 Å². The van der Waals surface area contributed by atoms with Crippen LogP contribution in [0.25, 0.3) is 6.08 Å². The first-order valence-electron chi connectivity index (χ1n) is 6.42. The number of benzene rings is 2. The summed E-state index contributed by atoms with van der Waals surface area (Å²) < 4.78 is 0. The average Bonchev–Trinajstić information content (AvgIpc) is 2.40. The monoisotopic (exact) mass is 250 g/mol. The maximum atomic E-state index is 12.0. The number of allylic oxidation sites excluding steroid dienone is 1. The van der Waals surface area contributed by atoms with Crippen molar-refractivity contribution in [3.63, 3.8) is 0 Å². The summed E-state index contributed by atoms with van der Waals surface area (Å²) >= 11 is 0. The summed E-state index contributed by atoms with van der Waals surface area (Å²) in [6.07, 6.45) is 3.50. The molecule has 0 aliphatic rings. The zero-order valence-corrected chi connectivity index (χ0v) is 11.6. The van der Waals surface area contributed by atoms with E-state index in [1.807, 2.05) is 43.3 Å². The minimum absolute atomic E-state index is 0.0400. The summed E-state index contributed by atoms with van der Waals surface area (Å²) in [5.74, 6) is 0.0400. The Morgan fingerprint density at radius 1 is 0.895 bits per heavy atom. The van der Waals surface area contributed by atoms with Crippen LogP contribution in [0.2, 0.25) is 0 Å². The van der Waals surface area contributed by atoms with Crippen molar-refractivity contribution in [1.29, 1.82) is 0 Å². The Balaban J connectivity index is 2.15. The lowest BCUT2D eigenvalue weighted by Crippen LogP contribution is -1.93. The molecule has 0 N–H and O–H groups in total. The summed E-state index contributed by atoms with van der Waals surface area (Å²) in [6.45, 7) is 6.17. The van der Waals surface area contributed by atoms with E-state index >= 15 is 0 Å². The molecule has 0 fully saturated rings. The van der Waals surface area contributed by atoms with Crippen molar-refractivity contribution in [2.45, 2.75) is 20.8 Å². The van der Waals surface area contributed by atoms with E-state index in [2.05, 4.69) is 26.0 Å². The molecule has 0 radical (unpaired) electrons. The lowest BCUT2D eigenvalue weighted by Gasteiger charge is -2.01. The highest BCUT2D eigenvalue weighted by molar-refractivity contribution is 6.06. The lowest BCUT2D eigenvalue weighted by molar-refractivity contribution is 0.104. The molecule has 0 aliphatic heterocycles. The maximum absolute atomic E-state index is 12.0. The Hall–Kier alpha value is -2.15. The molecule has 2 aromatic carbocycles. The third kappa shape index (κ3) is 3.41. The van der Waals surface area contributed by atoms with Gasteiger partial charge in [-0.05, 0) is 43.5 Å². The molecule has 1 nitrogen and oxygen atoms in total. The summed E-state index contributed by atoms with van der Waals surface area (Å²) in [5, 5.41) is 0.